The van der Waals surface area contributed by atoms with Crippen LogP contribution in [0.4, 0.5) is 0 Å². The standard InChI is InChI=1S/2C4H6O4.C2H4.Fe.2H3N/c2*5-3(6)1-2-4(7)8;1-2;;;/h2*1-2H2,(H,5,6)(H,7,8);1-2H2;;2*1H3. The molecule has 0 aliphatic carbocycles. The van der Waals surface area contributed by atoms with Crippen LogP contribution < -0.4 is 12.3 Å². The number of rotatable bonds is 6. The van der Waals surface area contributed by atoms with E-state index in [1.807, 2.05) is 0 Å². The topological polar surface area (TPSA) is 219 Å². The Bertz CT molecular complexity index is 243. The van der Waals surface area contributed by atoms with Crippen LogP contribution in [0.2, 0.25) is 0 Å². The minimum Gasteiger partial charge on any atom is -0.481 e. The van der Waals surface area contributed by atoms with Gasteiger partial charge in [-0.15, -0.1) is 13.2 Å². The summed E-state index contributed by atoms with van der Waals surface area (Å²) in [4.78, 5) is 38.6. The Labute approximate surface area is 132 Å². The van der Waals surface area contributed by atoms with Gasteiger partial charge in [0, 0.05) is 17.1 Å². The van der Waals surface area contributed by atoms with Crippen LogP contribution in [0, 0.1) is 0 Å². The second-order valence-electron chi connectivity index (χ2n) is 2.57. The van der Waals surface area contributed by atoms with Crippen molar-refractivity contribution in [3.63, 3.8) is 0 Å². The summed E-state index contributed by atoms with van der Waals surface area (Å²) in [5.74, 6) is -4.31. The van der Waals surface area contributed by atoms with E-state index in [0.29, 0.717) is 0 Å². The average molecular weight is 354 g/mol. The molecular formula is C10H22FeN2O8. The fourth-order valence-corrected chi connectivity index (χ4v) is 0.428. The Hall–Kier alpha value is -1.94. The summed E-state index contributed by atoms with van der Waals surface area (Å²) >= 11 is 0. The summed E-state index contributed by atoms with van der Waals surface area (Å²) in [6.45, 7) is 6.00. The number of hydrogen-bond acceptors (Lipinski definition) is 6. The van der Waals surface area contributed by atoms with Gasteiger partial charge in [0.15, 0.2) is 0 Å². The predicted octanol–water partition coefficient (Wildman–Crippen LogP) is 0.995. The molecule has 21 heavy (non-hydrogen) atoms. The molecule has 0 aromatic carbocycles. The Morgan fingerprint density at radius 1 is 0.571 bits per heavy atom. The maximum atomic E-state index is 9.64. The molecule has 0 bridgehead atoms. The molecule has 0 unspecified atom stereocenters. The Morgan fingerprint density at radius 3 is 0.714 bits per heavy atom. The van der Waals surface area contributed by atoms with E-state index in [2.05, 4.69) is 13.2 Å². The number of aliphatic carboxylic acids is 4. The molecule has 11 heteroatoms. The molecule has 0 spiro atoms. The summed E-state index contributed by atoms with van der Waals surface area (Å²) in [5, 5.41) is 31.6. The molecule has 0 aliphatic rings. The first-order chi connectivity index (χ1) is 8.25. The van der Waals surface area contributed by atoms with Crippen LogP contribution in [-0.2, 0) is 36.2 Å². The van der Waals surface area contributed by atoms with E-state index in [1.165, 1.54) is 0 Å². The molecule has 0 rings (SSSR count). The Morgan fingerprint density at radius 2 is 0.667 bits per heavy atom. The van der Waals surface area contributed by atoms with Gasteiger partial charge in [-0.25, -0.2) is 0 Å². The molecule has 0 fully saturated rings. The SMILES string of the molecule is C=C.N.N.O=C(O)CCC(=O)O.O=C(O)CCC(=O)O.[Fe]. The van der Waals surface area contributed by atoms with Crippen LogP contribution in [0.25, 0.3) is 0 Å². The fourth-order valence-electron chi connectivity index (χ4n) is 0.428. The summed E-state index contributed by atoms with van der Waals surface area (Å²) < 4.78 is 0. The summed E-state index contributed by atoms with van der Waals surface area (Å²) in [7, 11) is 0. The molecule has 0 atom stereocenters. The van der Waals surface area contributed by atoms with Crippen molar-refractivity contribution in [1.29, 1.82) is 0 Å². The second kappa shape index (κ2) is 26.6. The normalized spacial score (nSPS) is 6.67. The van der Waals surface area contributed by atoms with E-state index >= 15 is 0 Å². The van der Waals surface area contributed by atoms with Crippen molar-refractivity contribution in [3.05, 3.63) is 13.2 Å². The quantitative estimate of drug-likeness (QED) is 0.293. The van der Waals surface area contributed by atoms with Gasteiger partial charge in [0.1, 0.15) is 0 Å². The third kappa shape index (κ3) is 71.7. The molecule has 0 amide bonds. The maximum Gasteiger partial charge on any atom is 0.303 e. The first-order valence-electron chi connectivity index (χ1n) is 4.63. The van der Waals surface area contributed by atoms with E-state index in [9.17, 15) is 19.2 Å². The summed E-state index contributed by atoms with van der Waals surface area (Å²) in [6, 6.07) is 0. The van der Waals surface area contributed by atoms with Crippen LogP contribution in [0.5, 0.6) is 0 Å². The molecule has 0 aromatic rings. The van der Waals surface area contributed by atoms with Crippen molar-refractivity contribution in [2.75, 3.05) is 0 Å². The zero-order chi connectivity index (χ0) is 15.1. The van der Waals surface area contributed by atoms with Gasteiger partial charge in [-0.2, -0.15) is 0 Å². The van der Waals surface area contributed by atoms with Gasteiger partial charge >= 0.3 is 23.9 Å². The van der Waals surface area contributed by atoms with Gasteiger partial charge in [-0.1, -0.05) is 0 Å². The zero-order valence-electron chi connectivity index (χ0n) is 11.4. The minimum atomic E-state index is -1.08. The maximum absolute atomic E-state index is 9.64. The van der Waals surface area contributed by atoms with Gasteiger partial charge < -0.3 is 32.7 Å². The van der Waals surface area contributed by atoms with E-state index in [1.54, 1.807) is 0 Å². The van der Waals surface area contributed by atoms with Crippen molar-refractivity contribution in [2.24, 2.45) is 0 Å². The van der Waals surface area contributed by atoms with Gasteiger partial charge in [-0.3, -0.25) is 19.2 Å². The van der Waals surface area contributed by atoms with Crippen molar-refractivity contribution in [3.8, 4) is 0 Å². The number of carboxylic acids is 4. The van der Waals surface area contributed by atoms with E-state index in [0.717, 1.165) is 0 Å². The summed E-state index contributed by atoms with van der Waals surface area (Å²) in [5.41, 5.74) is 0. The number of carbonyl (C=O) groups is 4. The van der Waals surface area contributed by atoms with Crippen LogP contribution in [0.15, 0.2) is 13.2 Å². The second-order valence-corrected chi connectivity index (χ2v) is 2.57. The monoisotopic (exact) mass is 354 g/mol. The number of hydrogen-bond donors (Lipinski definition) is 6. The van der Waals surface area contributed by atoms with Gasteiger partial charge in [0.2, 0.25) is 0 Å². The Balaban J connectivity index is -0.0000000424. The molecule has 10 N–H and O–H groups in total. The largest absolute Gasteiger partial charge is 0.481 e. The van der Waals surface area contributed by atoms with Gasteiger partial charge in [-0.05, 0) is 0 Å². The first-order valence-corrected chi connectivity index (χ1v) is 4.63. The van der Waals surface area contributed by atoms with Crippen molar-refractivity contribution in [2.45, 2.75) is 25.7 Å². The first kappa shape index (κ1) is 36.4. The summed E-state index contributed by atoms with van der Waals surface area (Å²) in [6.07, 6.45) is -1.19. The smallest absolute Gasteiger partial charge is 0.303 e. The fraction of sp³-hybridized carbons (Fsp3) is 0.400. The molecular weight excluding hydrogens is 332 g/mol. The molecule has 0 aliphatic heterocycles. The van der Waals surface area contributed by atoms with Crippen LogP contribution in [0.1, 0.15) is 25.7 Å². The van der Waals surface area contributed by atoms with E-state index in [-0.39, 0.29) is 55.1 Å². The Kier molecular flexibility index (Phi) is 46.1. The molecule has 10 nitrogen and oxygen atoms in total. The van der Waals surface area contributed by atoms with Crippen molar-refractivity contribution >= 4 is 23.9 Å². The third-order valence-electron chi connectivity index (χ3n) is 1.11. The molecule has 0 saturated carbocycles. The van der Waals surface area contributed by atoms with E-state index in [4.69, 9.17) is 20.4 Å². The van der Waals surface area contributed by atoms with Crippen LogP contribution in [0.3, 0.4) is 0 Å². The molecule has 128 valence electrons. The van der Waals surface area contributed by atoms with Crippen molar-refractivity contribution < 1.29 is 56.7 Å². The zero-order valence-corrected chi connectivity index (χ0v) is 12.5. The van der Waals surface area contributed by atoms with Gasteiger partial charge in [0.05, 0.1) is 25.7 Å². The van der Waals surface area contributed by atoms with E-state index < -0.39 is 23.9 Å². The number of carboxylic acid groups (broad SMARTS) is 4. The van der Waals surface area contributed by atoms with Gasteiger partial charge in [0.25, 0.3) is 0 Å². The van der Waals surface area contributed by atoms with Crippen LogP contribution in [-0.4, -0.2) is 44.3 Å². The average Bonchev–Trinajstić information content (AvgIpc) is 2.27. The van der Waals surface area contributed by atoms with Crippen molar-refractivity contribution in [1.82, 2.24) is 12.3 Å². The molecule has 0 radical (unpaired) electrons. The molecule has 0 heterocycles. The van der Waals surface area contributed by atoms with Crippen LogP contribution >= 0.6 is 0 Å². The molecule has 0 saturated heterocycles. The molecule has 0 aromatic heterocycles. The third-order valence-corrected chi connectivity index (χ3v) is 1.11. The predicted molar refractivity (Wildman–Crippen MR) is 70.3 cm³/mol. The minimum absolute atomic E-state index is 0.